The van der Waals surface area contributed by atoms with Crippen molar-refractivity contribution in [3.63, 3.8) is 0 Å². The van der Waals surface area contributed by atoms with Gasteiger partial charge in [-0.3, -0.25) is 4.90 Å². The lowest BCUT2D eigenvalue weighted by Crippen LogP contribution is -2.59. The van der Waals surface area contributed by atoms with E-state index in [0.29, 0.717) is 44.5 Å². The van der Waals surface area contributed by atoms with Gasteiger partial charge in [0.15, 0.2) is 0 Å². The number of ether oxygens (including phenoxy) is 4. The van der Waals surface area contributed by atoms with Gasteiger partial charge in [-0.25, -0.2) is 13.6 Å². The number of epoxide rings is 2. The standard InChI is InChI=1S/C25H40F2N2O5/c1-16(2)5-6-19-23(3,34-19)21-20(31-4)18(7-9-24(21)15-32-24)33-22(30)29-11-17(12-29)8-10-28-13-25(26,27)14-28/h16-21H,5-15H2,1-4H3/t18?,19-,20?,21?,23+,24?/m1/s1. The van der Waals surface area contributed by atoms with Crippen LogP contribution in [0, 0.1) is 17.8 Å². The van der Waals surface area contributed by atoms with Crippen LogP contribution in [0.25, 0.3) is 0 Å². The second-order valence-corrected chi connectivity index (χ2v) is 11.9. The summed E-state index contributed by atoms with van der Waals surface area (Å²) >= 11 is 0. The first-order valence-corrected chi connectivity index (χ1v) is 13.0. The van der Waals surface area contributed by atoms with Crippen LogP contribution in [-0.4, -0.2) is 97.8 Å². The molecule has 0 aromatic carbocycles. The molecule has 5 aliphatic rings. The molecule has 0 N–H and O–H groups in total. The molecule has 1 amide bonds. The van der Waals surface area contributed by atoms with Crippen LogP contribution < -0.4 is 0 Å². The first kappa shape index (κ1) is 24.7. The highest BCUT2D eigenvalue weighted by Crippen LogP contribution is 2.59. The third kappa shape index (κ3) is 4.70. The van der Waals surface area contributed by atoms with E-state index < -0.39 is 5.92 Å². The van der Waals surface area contributed by atoms with Crippen molar-refractivity contribution < 1.29 is 32.5 Å². The molecule has 194 valence electrons. The van der Waals surface area contributed by atoms with Crippen molar-refractivity contribution in [3.8, 4) is 0 Å². The fourth-order valence-electron chi connectivity index (χ4n) is 6.51. The third-order valence-electron chi connectivity index (χ3n) is 8.73. The monoisotopic (exact) mass is 486 g/mol. The Bertz CT molecular complexity index is 764. The molecular weight excluding hydrogens is 446 g/mol. The van der Waals surface area contributed by atoms with Crippen LogP contribution in [-0.2, 0) is 18.9 Å². The average molecular weight is 487 g/mol. The number of methoxy groups -OCH3 is 1. The summed E-state index contributed by atoms with van der Waals surface area (Å²) in [5, 5.41) is 0. The summed E-state index contributed by atoms with van der Waals surface area (Å²) in [5.41, 5.74) is -0.535. The third-order valence-corrected chi connectivity index (χ3v) is 8.73. The molecule has 7 nitrogen and oxygen atoms in total. The number of likely N-dealkylation sites (tertiary alicyclic amines) is 2. The van der Waals surface area contributed by atoms with Gasteiger partial charge >= 0.3 is 6.09 Å². The van der Waals surface area contributed by atoms with Gasteiger partial charge in [0.1, 0.15) is 23.4 Å². The van der Waals surface area contributed by atoms with Crippen LogP contribution in [0.15, 0.2) is 0 Å². The van der Waals surface area contributed by atoms with Gasteiger partial charge in [0.2, 0.25) is 0 Å². The first-order valence-electron chi connectivity index (χ1n) is 13.0. The quantitative estimate of drug-likeness (QED) is 0.465. The minimum Gasteiger partial charge on any atom is -0.443 e. The Morgan fingerprint density at radius 1 is 1.21 bits per heavy atom. The highest BCUT2D eigenvalue weighted by Gasteiger charge is 2.72. The molecule has 6 atom stereocenters. The van der Waals surface area contributed by atoms with Crippen molar-refractivity contribution >= 4 is 6.09 Å². The number of alkyl halides is 2. The minimum absolute atomic E-state index is 0.0347. The summed E-state index contributed by atoms with van der Waals surface area (Å²) in [5.74, 6) is -1.51. The van der Waals surface area contributed by atoms with Gasteiger partial charge in [0.05, 0.1) is 31.7 Å². The Labute approximate surface area is 201 Å². The van der Waals surface area contributed by atoms with Gasteiger partial charge in [-0.15, -0.1) is 0 Å². The second-order valence-electron chi connectivity index (χ2n) is 11.9. The van der Waals surface area contributed by atoms with Gasteiger partial charge in [0.25, 0.3) is 5.92 Å². The van der Waals surface area contributed by atoms with Crippen molar-refractivity contribution in [3.05, 3.63) is 0 Å². The van der Waals surface area contributed by atoms with E-state index in [1.165, 1.54) is 0 Å². The zero-order valence-electron chi connectivity index (χ0n) is 20.9. The topological polar surface area (TPSA) is 67.1 Å². The van der Waals surface area contributed by atoms with Gasteiger partial charge < -0.3 is 23.8 Å². The normalized spacial score (nSPS) is 41.3. The average Bonchev–Trinajstić information content (AvgIpc) is 3.62. The van der Waals surface area contributed by atoms with E-state index in [4.69, 9.17) is 18.9 Å². The molecule has 0 radical (unpaired) electrons. The number of halogens is 2. The lowest BCUT2D eigenvalue weighted by atomic mass is 9.68. The predicted octanol–water partition coefficient (Wildman–Crippen LogP) is 3.55. The Balaban J connectivity index is 1.12. The van der Waals surface area contributed by atoms with Gasteiger partial charge in [-0.05, 0) is 57.4 Å². The fraction of sp³-hybridized carbons (Fsp3) is 0.960. The summed E-state index contributed by atoms with van der Waals surface area (Å²) in [7, 11) is 1.69. The molecule has 5 fully saturated rings. The molecule has 4 heterocycles. The molecule has 0 aromatic rings. The SMILES string of the molecule is COC1C(OC(=O)N2CC(CCN3CC(F)(F)C3)C2)CCC2(CO2)C1[C@@]1(C)O[C@@H]1CCC(C)C. The molecular formula is C25H40F2N2O5. The molecule has 1 saturated carbocycles. The molecule has 0 bridgehead atoms. The Morgan fingerprint density at radius 2 is 1.91 bits per heavy atom. The zero-order chi connectivity index (χ0) is 24.3. The van der Waals surface area contributed by atoms with Crippen LogP contribution in [0.1, 0.15) is 52.9 Å². The van der Waals surface area contributed by atoms with Crippen LogP contribution >= 0.6 is 0 Å². The fourth-order valence-corrected chi connectivity index (χ4v) is 6.51. The molecule has 9 heteroatoms. The van der Waals surface area contributed by atoms with Gasteiger partial charge in [-0.2, -0.15) is 0 Å². The van der Waals surface area contributed by atoms with E-state index in [-0.39, 0.29) is 54.6 Å². The summed E-state index contributed by atoms with van der Waals surface area (Å²) in [6.45, 7) is 8.97. The van der Waals surface area contributed by atoms with Gasteiger partial charge in [0, 0.05) is 20.2 Å². The Morgan fingerprint density at radius 3 is 2.50 bits per heavy atom. The number of hydrogen-bond acceptors (Lipinski definition) is 6. The zero-order valence-corrected chi connectivity index (χ0v) is 20.9. The molecule has 1 spiro atoms. The van der Waals surface area contributed by atoms with Crippen molar-refractivity contribution in [2.75, 3.05) is 46.4 Å². The number of amides is 1. The Kier molecular flexibility index (Phi) is 6.39. The van der Waals surface area contributed by atoms with E-state index in [1.807, 2.05) is 0 Å². The maximum Gasteiger partial charge on any atom is 0.410 e. The van der Waals surface area contributed by atoms with Crippen LogP contribution in [0.3, 0.4) is 0 Å². The van der Waals surface area contributed by atoms with Crippen LogP contribution in [0.5, 0.6) is 0 Å². The molecule has 34 heavy (non-hydrogen) atoms. The van der Waals surface area contributed by atoms with E-state index in [0.717, 1.165) is 25.7 Å². The second kappa shape index (κ2) is 8.82. The summed E-state index contributed by atoms with van der Waals surface area (Å²) in [4.78, 5) is 16.4. The maximum atomic E-state index is 13.0. The van der Waals surface area contributed by atoms with Crippen molar-refractivity contribution in [2.24, 2.45) is 17.8 Å². The van der Waals surface area contributed by atoms with Gasteiger partial charge in [-0.1, -0.05) is 13.8 Å². The smallest absolute Gasteiger partial charge is 0.410 e. The van der Waals surface area contributed by atoms with Crippen LogP contribution in [0.4, 0.5) is 13.6 Å². The first-order chi connectivity index (χ1) is 16.1. The van der Waals surface area contributed by atoms with Crippen molar-refractivity contribution in [1.82, 2.24) is 9.80 Å². The highest BCUT2D eigenvalue weighted by atomic mass is 19.3. The van der Waals surface area contributed by atoms with Crippen molar-refractivity contribution in [2.45, 2.75) is 88.3 Å². The number of hydrogen-bond donors (Lipinski definition) is 0. The molecule has 4 aliphatic heterocycles. The summed E-state index contributed by atoms with van der Waals surface area (Å²) in [6.07, 6.45) is 3.82. The van der Waals surface area contributed by atoms with E-state index in [9.17, 15) is 13.6 Å². The molecule has 5 rings (SSSR count). The largest absolute Gasteiger partial charge is 0.443 e. The Hall–Kier alpha value is -1.03. The van der Waals surface area contributed by atoms with Crippen molar-refractivity contribution in [1.29, 1.82) is 0 Å². The molecule has 1 aliphatic carbocycles. The lowest BCUT2D eigenvalue weighted by molar-refractivity contribution is -0.133. The minimum atomic E-state index is -2.52. The maximum absolute atomic E-state index is 13.0. The highest BCUT2D eigenvalue weighted by molar-refractivity contribution is 5.69. The molecule has 4 unspecified atom stereocenters. The van der Waals surface area contributed by atoms with E-state index >= 15 is 0 Å². The molecule has 4 saturated heterocycles. The number of nitrogens with zero attached hydrogens (tertiary/aromatic N) is 2. The number of rotatable bonds is 9. The predicted molar refractivity (Wildman–Crippen MR) is 121 cm³/mol. The lowest BCUT2D eigenvalue weighted by Gasteiger charge is -2.45. The number of carbonyl (C=O) groups is 1. The summed E-state index contributed by atoms with van der Waals surface area (Å²) in [6, 6.07) is 0. The number of carbonyl (C=O) groups excluding carboxylic acids is 1. The van der Waals surface area contributed by atoms with E-state index in [2.05, 4.69) is 20.8 Å². The molecule has 0 aromatic heterocycles. The van der Waals surface area contributed by atoms with Crippen LogP contribution in [0.2, 0.25) is 0 Å². The van der Waals surface area contributed by atoms with E-state index in [1.54, 1.807) is 16.9 Å². The summed E-state index contributed by atoms with van der Waals surface area (Å²) < 4.78 is 50.1.